The van der Waals surface area contributed by atoms with Gasteiger partial charge in [0.1, 0.15) is 0 Å². The van der Waals surface area contributed by atoms with Gasteiger partial charge in [0.05, 0.1) is 5.52 Å². The van der Waals surface area contributed by atoms with Crippen LogP contribution in [0.2, 0.25) is 0 Å². The van der Waals surface area contributed by atoms with E-state index in [9.17, 15) is 0 Å². The largest absolute Gasteiger partial charge is 0.385 e. The maximum absolute atomic E-state index is 4.70. The molecule has 0 aliphatic heterocycles. The highest BCUT2D eigenvalue weighted by atomic mass is 14.9. The van der Waals surface area contributed by atoms with E-state index < -0.39 is 0 Å². The van der Waals surface area contributed by atoms with Crippen LogP contribution in [0.3, 0.4) is 0 Å². The van der Waals surface area contributed by atoms with Crippen LogP contribution in [0.1, 0.15) is 49.9 Å². The molecule has 2 nitrogen and oxygen atoms in total. The molecule has 0 saturated carbocycles. The number of nitrogens with zero attached hydrogens (tertiary/aromatic N) is 1. The predicted octanol–water partition coefficient (Wildman–Crippen LogP) is 4.80. The molecule has 0 aliphatic rings. The Kier molecular flexibility index (Phi) is 4.08. The van der Waals surface area contributed by atoms with Crippen LogP contribution in [-0.2, 0) is 0 Å². The van der Waals surface area contributed by atoms with Crippen LogP contribution in [0.25, 0.3) is 10.9 Å². The van der Waals surface area contributed by atoms with Crippen molar-refractivity contribution in [1.29, 1.82) is 0 Å². The standard InChI is InChI=1S/C17H24N2/c1-6-11(3)14-8-9-16-15(10-14)17(18-7-2)12(4)13(5)19-16/h8-11H,6-7H2,1-5H3,(H,18,19). The molecule has 0 fully saturated rings. The number of aromatic nitrogens is 1. The van der Waals surface area contributed by atoms with Crippen LogP contribution in [0.15, 0.2) is 18.2 Å². The number of rotatable bonds is 4. The second kappa shape index (κ2) is 5.60. The molecule has 1 aromatic heterocycles. The lowest BCUT2D eigenvalue weighted by atomic mass is 9.95. The lowest BCUT2D eigenvalue weighted by molar-refractivity contribution is 0.734. The molecule has 0 amide bonds. The molecule has 1 N–H and O–H groups in total. The van der Waals surface area contributed by atoms with Crippen molar-refractivity contribution >= 4 is 16.6 Å². The Morgan fingerprint density at radius 2 is 1.95 bits per heavy atom. The summed E-state index contributed by atoms with van der Waals surface area (Å²) in [6.07, 6.45) is 1.17. The summed E-state index contributed by atoms with van der Waals surface area (Å²) in [5.74, 6) is 0.598. The van der Waals surface area contributed by atoms with Gasteiger partial charge in [-0.1, -0.05) is 19.9 Å². The third-order valence-corrected chi connectivity index (χ3v) is 4.03. The number of pyridine rings is 1. The normalized spacial score (nSPS) is 12.7. The van der Waals surface area contributed by atoms with Gasteiger partial charge in [0, 0.05) is 23.3 Å². The Morgan fingerprint density at radius 3 is 2.58 bits per heavy atom. The fourth-order valence-electron chi connectivity index (χ4n) is 2.45. The van der Waals surface area contributed by atoms with Crippen LogP contribution < -0.4 is 5.32 Å². The summed E-state index contributed by atoms with van der Waals surface area (Å²) in [5.41, 5.74) is 6.11. The van der Waals surface area contributed by atoms with E-state index in [-0.39, 0.29) is 0 Å². The second-order valence-electron chi connectivity index (χ2n) is 5.31. The Morgan fingerprint density at radius 1 is 1.21 bits per heavy atom. The van der Waals surface area contributed by atoms with Crippen molar-refractivity contribution in [3.63, 3.8) is 0 Å². The minimum Gasteiger partial charge on any atom is -0.385 e. The molecule has 0 spiro atoms. The summed E-state index contributed by atoms with van der Waals surface area (Å²) in [6, 6.07) is 6.68. The van der Waals surface area contributed by atoms with E-state index in [0.29, 0.717) is 5.92 Å². The maximum atomic E-state index is 4.70. The first-order chi connectivity index (χ1) is 9.08. The molecule has 0 bridgehead atoms. The molecule has 2 rings (SSSR count). The Labute approximate surface area is 116 Å². The molecule has 0 radical (unpaired) electrons. The molecular weight excluding hydrogens is 232 g/mol. The minimum atomic E-state index is 0.598. The van der Waals surface area contributed by atoms with Gasteiger partial charge in [-0.25, -0.2) is 0 Å². The van der Waals surface area contributed by atoms with E-state index >= 15 is 0 Å². The van der Waals surface area contributed by atoms with Crippen LogP contribution >= 0.6 is 0 Å². The van der Waals surface area contributed by atoms with E-state index in [2.05, 4.69) is 58.1 Å². The zero-order valence-corrected chi connectivity index (χ0v) is 12.7. The van der Waals surface area contributed by atoms with Crippen LogP contribution in [0, 0.1) is 13.8 Å². The molecule has 2 heteroatoms. The number of aryl methyl sites for hydroxylation is 1. The molecule has 0 saturated heterocycles. The van der Waals surface area contributed by atoms with Gasteiger partial charge in [-0.3, -0.25) is 4.98 Å². The Bertz CT molecular complexity index is 587. The van der Waals surface area contributed by atoms with Crippen molar-refractivity contribution in [3.05, 3.63) is 35.0 Å². The van der Waals surface area contributed by atoms with Crippen LogP contribution in [0.5, 0.6) is 0 Å². The summed E-state index contributed by atoms with van der Waals surface area (Å²) < 4.78 is 0. The van der Waals surface area contributed by atoms with Gasteiger partial charge < -0.3 is 5.32 Å². The summed E-state index contributed by atoms with van der Waals surface area (Å²) in [5, 5.41) is 4.76. The van der Waals surface area contributed by atoms with Gasteiger partial charge in [0.2, 0.25) is 0 Å². The molecule has 1 unspecified atom stereocenters. The second-order valence-corrected chi connectivity index (χ2v) is 5.31. The first kappa shape index (κ1) is 13.9. The maximum Gasteiger partial charge on any atom is 0.0726 e. The fraction of sp³-hybridized carbons (Fsp3) is 0.471. The number of fused-ring (bicyclic) bond motifs is 1. The van der Waals surface area contributed by atoms with E-state index in [4.69, 9.17) is 4.98 Å². The third kappa shape index (κ3) is 2.58. The molecule has 1 atom stereocenters. The smallest absolute Gasteiger partial charge is 0.0726 e. The van der Waals surface area contributed by atoms with Crippen molar-refractivity contribution < 1.29 is 0 Å². The van der Waals surface area contributed by atoms with E-state index in [1.807, 2.05) is 0 Å². The van der Waals surface area contributed by atoms with Gasteiger partial charge in [-0.15, -0.1) is 0 Å². The van der Waals surface area contributed by atoms with Crippen molar-refractivity contribution in [2.75, 3.05) is 11.9 Å². The van der Waals surface area contributed by atoms with E-state index in [0.717, 1.165) is 17.8 Å². The van der Waals surface area contributed by atoms with Crippen molar-refractivity contribution in [2.45, 2.75) is 47.0 Å². The average molecular weight is 256 g/mol. The lowest BCUT2D eigenvalue weighted by Gasteiger charge is -2.16. The topological polar surface area (TPSA) is 24.9 Å². The summed E-state index contributed by atoms with van der Waals surface area (Å²) in [6.45, 7) is 11.8. The molecule has 102 valence electrons. The van der Waals surface area contributed by atoms with Gasteiger partial charge in [0.25, 0.3) is 0 Å². The quantitative estimate of drug-likeness (QED) is 0.850. The van der Waals surface area contributed by atoms with Crippen LogP contribution in [0.4, 0.5) is 5.69 Å². The summed E-state index contributed by atoms with van der Waals surface area (Å²) in [7, 11) is 0. The predicted molar refractivity (Wildman–Crippen MR) is 84.1 cm³/mol. The summed E-state index contributed by atoms with van der Waals surface area (Å²) in [4.78, 5) is 4.70. The highest BCUT2D eigenvalue weighted by molar-refractivity contribution is 5.93. The van der Waals surface area contributed by atoms with Gasteiger partial charge in [-0.2, -0.15) is 0 Å². The molecule has 19 heavy (non-hydrogen) atoms. The number of hydrogen-bond donors (Lipinski definition) is 1. The fourth-order valence-corrected chi connectivity index (χ4v) is 2.45. The van der Waals surface area contributed by atoms with Gasteiger partial charge >= 0.3 is 0 Å². The monoisotopic (exact) mass is 256 g/mol. The van der Waals surface area contributed by atoms with Crippen LogP contribution in [-0.4, -0.2) is 11.5 Å². The number of anilines is 1. The average Bonchev–Trinajstić information content (AvgIpc) is 2.42. The minimum absolute atomic E-state index is 0.598. The third-order valence-electron chi connectivity index (χ3n) is 4.03. The lowest BCUT2D eigenvalue weighted by Crippen LogP contribution is -2.03. The van der Waals surface area contributed by atoms with Gasteiger partial charge in [-0.05, 0) is 56.4 Å². The van der Waals surface area contributed by atoms with Crippen molar-refractivity contribution in [1.82, 2.24) is 4.98 Å². The van der Waals surface area contributed by atoms with E-state index in [1.165, 1.54) is 28.6 Å². The Hall–Kier alpha value is -1.57. The molecule has 0 aliphatic carbocycles. The molecular formula is C17H24N2. The summed E-state index contributed by atoms with van der Waals surface area (Å²) >= 11 is 0. The Balaban J connectivity index is 2.68. The highest BCUT2D eigenvalue weighted by Crippen LogP contribution is 2.31. The first-order valence-corrected chi connectivity index (χ1v) is 7.23. The van der Waals surface area contributed by atoms with E-state index in [1.54, 1.807) is 0 Å². The number of hydrogen-bond acceptors (Lipinski definition) is 2. The first-order valence-electron chi connectivity index (χ1n) is 7.23. The van der Waals surface area contributed by atoms with Crippen molar-refractivity contribution in [2.24, 2.45) is 0 Å². The SMILES string of the molecule is CCNc1c(C)c(C)nc2ccc(C(C)CC)cc12. The number of nitrogens with one attached hydrogen (secondary N) is 1. The van der Waals surface area contributed by atoms with Gasteiger partial charge in [0.15, 0.2) is 0 Å². The highest BCUT2D eigenvalue weighted by Gasteiger charge is 2.11. The molecule has 2 aromatic rings. The molecule has 1 aromatic carbocycles. The number of benzene rings is 1. The zero-order valence-electron chi connectivity index (χ0n) is 12.7. The zero-order chi connectivity index (χ0) is 14.0. The molecule has 1 heterocycles. The van der Waals surface area contributed by atoms with Crippen molar-refractivity contribution in [3.8, 4) is 0 Å².